The predicted molar refractivity (Wildman–Crippen MR) is 64.6 cm³/mol. The van der Waals surface area contributed by atoms with Gasteiger partial charge in [-0.2, -0.15) is 0 Å². The van der Waals surface area contributed by atoms with E-state index in [-0.39, 0.29) is 38.0 Å². The third kappa shape index (κ3) is 3.87. The maximum atomic E-state index is 13.3. The van der Waals surface area contributed by atoms with Gasteiger partial charge in [0.15, 0.2) is 0 Å². The average Bonchev–Trinajstić information content (AvgIpc) is 2.33. The van der Waals surface area contributed by atoms with Crippen LogP contribution >= 0.6 is 11.6 Å². The number of carbonyl (C=O) groups is 1. The zero-order chi connectivity index (χ0) is 13.1. The molecule has 0 atom stereocenters. The summed E-state index contributed by atoms with van der Waals surface area (Å²) in [4.78, 5) is 11.8. The zero-order valence-electron chi connectivity index (χ0n) is 9.51. The van der Waals surface area contributed by atoms with E-state index in [2.05, 4.69) is 5.32 Å². The zero-order valence-corrected chi connectivity index (χ0v) is 11.8. The molecule has 0 aliphatic carbocycles. The number of hydrogen-bond acceptors (Lipinski definition) is 1. The summed E-state index contributed by atoms with van der Waals surface area (Å²) in [6, 6.07) is 10.3. The molecule has 1 amide bonds. The SMILES string of the molecule is O=C(Nc1ccc(F)[c-]c1F)c1ccccc1Cl.[Ti]. The molecular weight excluding hydrogens is 307 g/mol. The van der Waals surface area contributed by atoms with Crippen LogP contribution in [0.3, 0.4) is 0 Å². The second-order valence-electron chi connectivity index (χ2n) is 3.47. The Balaban J connectivity index is 0.00000180. The van der Waals surface area contributed by atoms with Crippen LogP contribution in [-0.4, -0.2) is 5.91 Å². The van der Waals surface area contributed by atoms with Crippen LogP contribution in [0.15, 0.2) is 36.4 Å². The van der Waals surface area contributed by atoms with Gasteiger partial charge in [-0.1, -0.05) is 23.7 Å². The molecule has 2 aromatic rings. The second kappa shape index (κ2) is 6.80. The molecule has 2 aromatic carbocycles. The maximum Gasteiger partial charge on any atom is 0.246 e. The number of nitrogens with one attached hydrogen (secondary N) is 1. The fraction of sp³-hybridized carbons (Fsp3) is 0. The fourth-order valence-corrected chi connectivity index (χ4v) is 1.60. The van der Waals surface area contributed by atoms with Gasteiger partial charge in [-0.3, -0.25) is 4.79 Å². The molecule has 0 bridgehead atoms. The third-order valence-electron chi connectivity index (χ3n) is 2.23. The van der Waals surface area contributed by atoms with E-state index >= 15 is 0 Å². The van der Waals surface area contributed by atoms with Gasteiger partial charge in [0.1, 0.15) is 0 Å². The van der Waals surface area contributed by atoms with Crippen LogP contribution < -0.4 is 5.32 Å². The summed E-state index contributed by atoms with van der Waals surface area (Å²) in [5.74, 6) is -2.36. The van der Waals surface area contributed by atoms with Gasteiger partial charge in [0, 0.05) is 33.4 Å². The van der Waals surface area contributed by atoms with Crippen molar-refractivity contribution in [1.29, 1.82) is 0 Å². The number of carbonyl (C=O) groups excluding carboxylic acids is 1. The largest absolute Gasteiger partial charge is 0.373 e. The molecule has 2 nitrogen and oxygen atoms in total. The van der Waals surface area contributed by atoms with E-state index < -0.39 is 17.5 Å². The van der Waals surface area contributed by atoms with Crippen LogP contribution in [0.25, 0.3) is 0 Å². The van der Waals surface area contributed by atoms with Gasteiger partial charge in [-0.05, 0) is 17.8 Å². The summed E-state index contributed by atoms with van der Waals surface area (Å²) in [6.45, 7) is 0. The molecular formula is C13H7ClF2NOTi-. The molecule has 0 saturated heterocycles. The summed E-state index contributed by atoms with van der Waals surface area (Å²) in [6.07, 6.45) is 0. The van der Waals surface area contributed by atoms with E-state index in [4.69, 9.17) is 11.6 Å². The van der Waals surface area contributed by atoms with E-state index in [9.17, 15) is 13.6 Å². The number of halogens is 3. The van der Waals surface area contributed by atoms with Crippen molar-refractivity contribution in [3.63, 3.8) is 0 Å². The Hall–Kier alpha value is -1.23. The molecule has 0 saturated carbocycles. The molecule has 2 rings (SSSR count). The second-order valence-corrected chi connectivity index (χ2v) is 3.88. The topological polar surface area (TPSA) is 29.1 Å². The van der Waals surface area contributed by atoms with Crippen molar-refractivity contribution < 1.29 is 35.3 Å². The van der Waals surface area contributed by atoms with Crippen LogP contribution in [0.4, 0.5) is 14.5 Å². The Bertz CT molecular complexity index is 607. The first kappa shape index (κ1) is 15.8. The van der Waals surface area contributed by atoms with Crippen molar-refractivity contribution in [1.82, 2.24) is 0 Å². The first-order valence-electron chi connectivity index (χ1n) is 5.01. The normalized spacial score (nSPS) is 9.63. The van der Waals surface area contributed by atoms with Crippen LogP contribution in [0, 0.1) is 17.7 Å². The molecule has 96 valence electrons. The van der Waals surface area contributed by atoms with E-state index in [0.717, 1.165) is 12.1 Å². The molecule has 0 fully saturated rings. The summed E-state index contributed by atoms with van der Waals surface area (Å²) in [5.41, 5.74) is 0.0595. The number of benzene rings is 2. The third-order valence-corrected chi connectivity index (χ3v) is 2.56. The first-order chi connectivity index (χ1) is 8.58. The Morgan fingerprint density at radius 1 is 1.16 bits per heavy atom. The summed E-state index contributed by atoms with van der Waals surface area (Å²) in [5, 5.41) is 2.55. The quantitative estimate of drug-likeness (QED) is 0.665. The monoisotopic (exact) mass is 314 g/mol. The Morgan fingerprint density at radius 2 is 1.84 bits per heavy atom. The molecule has 0 heterocycles. The minimum Gasteiger partial charge on any atom is -0.373 e. The molecule has 0 unspecified atom stereocenters. The van der Waals surface area contributed by atoms with Crippen molar-refractivity contribution in [2.45, 2.75) is 0 Å². The van der Waals surface area contributed by atoms with Crippen molar-refractivity contribution in [2.24, 2.45) is 0 Å². The van der Waals surface area contributed by atoms with Crippen LogP contribution in [-0.2, 0) is 21.7 Å². The summed E-state index contributed by atoms with van der Waals surface area (Å²) in [7, 11) is 0. The number of anilines is 1. The standard InChI is InChI=1S/C13H7ClF2NO.Ti/c14-10-4-2-1-3-9(10)13(18)17-12-6-5-8(15)7-11(12)16;/h1-6H,(H,17,18);/q-1;. The molecule has 0 aliphatic heterocycles. The molecule has 0 aromatic heterocycles. The molecule has 0 spiro atoms. The molecule has 0 radical (unpaired) electrons. The van der Waals surface area contributed by atoms with Crippen LogP contribution in [0.2, 0.25) is 5.02 Å². The van der Waals surface area contributed by atoms with E-state index in [1.165, 1.54) is 6.07 Å². The fourth-order valence-electron chi connectivity index (χ4n) is 1.38. The molecule has 19 heavy (non-hydrogen) atoms. The predicted octanol–water partition coefficient (Wildman–Crippen LogP) is 3.67. The van der Waals surface area contributed by atoms with Gasteiger partial charge < -0.3 is 5.32 Å². The van der Waals surface area contributed by atoms with E-state index in [1.807, 2.05) is 6.07 Å². The van der Waals surface area contributed by atoms with Gasteiger partial charge in [0.25, 0.3) is 0 Å². The number of amides is 1. The first-order valence-corrected chi connectivity index (χ1v) is 5.39. The number of hydrogen-bond donors (Lipinski definition) is 1. The Kier molecular flexibility index (Phi) is 5.67. The van der Waals surface area contributed by atoms with E-state index in [1.54, 1.807) is 18.2 Å². The van der Waals surface area contributed by atoms with Crippen molar-refractivity contribution in [3.8, 4) is 0 Å². The van der Waals surface area contributed by atoms with Crippen molar-refractivity contribution in [2.75, 3.05) is 5.32 Å². The van der Waals surface area contributed by atoms with Gasteiger partial charge in [0.2, 0.25) is 5.91 Å². The molecule has 0 aliphatic rings. The summed E-state index contributed by atoms with van der Waals surface area (Å²) < 4.78 is 25.9. The summed E-state index contributed by atoms with van der Waals surface area (Å²) >= 11 is 5.83. The van der Waals surface area contributed by atoms with Gasteiger partial charge in [-0.15, -0.1) is 18.2 Å². The number of rotatable bonds is 2. The Morgan fingerprint density at radius 3 is 2.47 bits per heavy atom. The smallest absolute Gasteiger partial charge is 0.246 e. The Labute approximate surface area is 128 Å². The van der Waals surface area contributed by atoms with Gasteiger partial charge in [0.05, 0.1) is 10.6 Å². The van der Waals surface area contributed by atoms with Crippen molar-refractivity contribution in [3.05, 3.63) is 64.7 Å². The van der Waals surface area contributed by atoms with Crippen molar-refractivity contribution >= 4 is 23.2 Å². The van der Waals surface area contributed by atoms with Gasteiger partial charge in [-0.25, -0.2) is 8.78 Å². The molecule has 6 heteroatoms. The van der Waals surface area contributed by atoms with E-state index in [0.29, 0.717) is 0 Å². The molecule has 1 N–H and O–H groups in total. The minimum atomic E-state index is -0.963. The van der Waals surface area contributed by atoms with Gasteiger partial charge >= 0.3 is 0 Å². The average molecular weight is 315 g/mol. The van der Waals surface area contributed by atoms with Crippen LogP contribution in [0.5, 0.6) is 0 Å². The minimum absolute atomic E-state index is 0. The van der Waals surface area contributed by atoms with Crippen LogP contribution in [0.1, 0.15) is 10.4 Å². The maximum absolute atomic E-state index is 13.3.